The molecule has 1 aliphatic rings. The fraction of sp³-hybridized carbons (Fsp3) is 0.333. The van der Waals surface area contributed by atoms with Crippen LogP contribution in [0, 0.1) is 5.82 Å². The fourth-order valence-electron chi connectivity index (χ4n) is 1.08. The quantitative estimate of drug-likeness (QED) is 0.581. The van der Waals surface area contributed by atoms with Crippen LogP contribution in [0.1, 0.15) is 5.56 Å². The SMILES string of the molecule is Fc1ccc(CN2CC2)cc1. The molecule has 1 aromatic carbocycles. The van der Waals surface area contributed by atoms with E-state index in [0.717, 1.165) is 6.54 Å². The van der Waals surface area contributed by atoms with Gasteiger partial charge in [-0.05, 0) is 17.7 Å². The van der Waals surface area contributed by atoms with Crippen molar-refractivity contribution in [1.29, 1.82) is 0 Å². The van der Waals surface area contributed by atoms with Gasteiger partial charge in [-0.3, -0.25) is 4.90 Å². The van der Waals surface area contributed by atoms with Crippen LogP contribution >= 0.6 is 0 Å². The first-order valence-corrected chi connectivity index (χ1v) is 3.81. The summed E-state index contributed by atoms with van der Waals surface area (Å²) >= 11 is 0. The van der Waals surface area contributed by atoms with Crippen molar-refractivity contribution in [3.8, 4) is 0 Å². The molecule has 1 nitrogen and oxygen atoms in total. The van der Waals surface area contributed by atoms with Crippen molar-refractivity contribution in [2.75, 3.05) is 13.1 Å². The highest BCUT2D eigenvalue weighted by atomic mass is 19.1. The van der Waals surface area contributed by atoms with Gasteiger partial charge >= 0.3 is 0 Å². The monoisotopic (exact) mass is 151 g/mol. The van der Waals surface area contributed by atoms with E-state index in [2.05, 4.69) is 4.90 Å². The minimum Gasteiger partial charge on any atom is -0.297 e. The van der Waals surface area contributed by atoms with Crippen molar-refractivity contribution in [3.63, 3.8) is 0 Å². The Morgan fingerprint density at radius 1 is 1.18 bits per heavy atom. The van der Waals surface area contributed by atoms with E-state index >= 15 is 0 Å². The maximum atomic E-state index is 12.4. The lowest BCUT2D eigenvalue weighted by Gasteiger charge is -1.99. The number of nitrogens with zero attached hydrogens (tertiary/aromatic N) is 1. The van der Waals surface area contributed by atoms with E-state index in [1.54, 1.807) is 0 Å². The molecule has 58 valence electrons. The largest absolute Gasteiger partial charge is 0.297 e. The third kappa shape index (κ3) is 1.77. The number of hydrogen-bond donors (Lipinski definition) is 0. The first kappa shape index (κ1) is 6.80. The van der Waals surface area contributed by atoms with Crippen LogP contribution in [-0.4, -0.2) is 18.0 Å². The van der Waals surface area contributed by atoms with E-state index < -0.39 is 0 Å². The molecular formula is C9H10FN. The molecule has 11 heavy (non-hydrogen) atoms. The van der Waals surface area contributed by atoms with Gasteiger partial charge in [0, 0.05) is 19.6 Å². The molecule has 0 N–H and O–H groups in total. The Labute approximate surface area is 65.4 Å². The van der Waals surface area contributed by atoms with E-state index in [1.165, 1.54) is 30.8 Å². The Kier molecular flexibility index (Phi) is 1.62. The summed E-state index contributed by atoms with van der Waals surface area (Å²) in [6, 6.07) is 6.71. The fourth-order valence-corrected chi connectivity index (χ4v) is 1.08. The Bertz CT molecular complexity index is 238. The van der Waals surface area contributed by atoms with Gasteiger partial charge in [0.15, 0.2) is 0 Å². The average molecular weight is 151 g/mol. The minimum atomic E-state index is -0.153. The van der Waals surface area contributed by atoms with Crippen molar-refractivity contribution in [3.05, 3.63) is 35.6 Å². The van der Waals surface area contributed by atoms with Gasteiger partial charge in [-0.1, -0.05) is 12.1 Å². The molecular weight excluding hydrogens is 141 g/mol. The van der Waals surface area contributed by atoms with Crippen molar-refractivity contribution in [2.45, 2.75) is 6.54 Å². The predicted octanol–water partition coefficient (Wildman–Crippen LogP) is 1.64. The second-order valence-electron chi connectivity index (χ2n) is 2.90. The number of rotatable bonds is 2. The second-order valence-corrected chi connectivity index (χ2v) is 2.90. The highest BCUT2D eigenvalue weighted by molar-refractivity contribution is 5.16. The molecule has 1 fully saturated rings. The molecule has 0 amide bonds. The van der Waals surface area contributed by atoms with Crippen LogP contribution in [-0.2, 0) is 6.54 Å². The molecule has 0 unspecified atom stereocenters. The Balaban J connectivity index is 2.06. The maximum absolute atomic E-state index is 12.4. The van der Waals surface area contributed by atoms with Gasteiger partial charge in [-0.2, -0.15) is 0 Å². The molecule has 0 saturated carbocycles. The van der Waals surface area contributed by atoms with Crippen molar-refractivity contribution < 1.29 is 4.39 Å². The molecule has 0 bridgehead atoms. The maximum Gasteiger partial charge on any atom is 0.123 e. The van der Waals surface area contributed by atoms with Crippen LogP contribution in [0.25, 0.3) is 0 Å². The zero-order chi connectivity index (χ0) is 7.68. The highest BCUT2D eigenvalue weighted by Gasteiger charge is 2.16. The lowest BCUT2D eigenvalue weighted by atomic mass is 10.2. The van der Waals surface area contributed by atoms with E-state index in [4.69, 9.17) is 0 Å². The number of benzene rings is 1. The van der Waals surface area contributed by atoms with Crippen molar-refractivity contribution in [2.24, 2.45) is 0 Å². The third-order valence-corrected chi connectivity index (χ3v) is 1.86. The Morgan fingerprint density at radius 3 is 2.36 bits per heavy atom. The summed E-state index contributed by atoms with van der Waals surface area (Å²) in [6.45, 7) is 3.36. The average Bonchev–Trinajstić information content (AvgIpc) is 2.78. The lowest BCUT2D eigenvalue weighted by Crippen LogP contribution is -1.95. The summed E-state index contributed by atoms with van der Waals surface area (Å²) < 4.78 is 12.4. The molecule has 1 aromatic rings. The van der Waals surface area contributed by atoms with Crippen LogP contribution in [0.4, 0.5) is 4.39 Å². The summed E-state index contributed by atoms with van der Waals surface area (Å²) in [5, 5.41) is 0. The molecule has 1 saturated heterocycles. The van der Waals surface area contributed by atoms with Crippen LogP contribution < -0.4 is 0 Å². The summed E-state index contributed by atoms with van der Waals surface area (Å²) in [4.78, 5) is 2.30. The highest BCUT2D eigenvalue weighted by Crippen LogP contribution is 2.11. The zero-order valence-corrected chi connectivity index (χ0v) is 6.26. The van der Waals surface area contributed by atoms with E-state index in [-0.39, 0.29) is 5.82 Å². The molecule has 0 aromatic heterocycles. The first-order valence-electron chi connectivity index (χ1n) is 3.81. The Hall–Kier alpha value is -0.890. The standard InChI is InChI=1S/C9H10FN/c10-9-3-1-8(2-4-9)7-11-5-6-11/h1-4H,5-7H2. The number of hydrogen-bond acceptors (Lipinski definition) is 1. The van der Waals surface area contributed by atoms with Crippen molar-refractivity contribution in [1.82, 2.24) is 4.90 Å². The van der Waals surface area contributed by atoms with Crippen molar-refractivity contribution >= 4 is 0 Å². The smallest absolute Gasteiger partial charge is 0.123 e. The van der Waals surface area contributed by atoms with E-state index in [1.807, 2.05) is 12.1 Å². The van der Waals surface area contributed by atoms with Gasteiger partial charge < -0.3 is 0 Å². The molecule has 1 heterocycles. The molecule has 1 aliphatic heterocycles. The van der Waals surface area contributed by atoms with Gasteiger partial charge in [0.2, 0.25) is 0 Å². The minimum absolute atomic E-state index is 0.153. The van der Waals surface area contributed by atoms with Gasteiger partial charge in [0.25, 0.3) is 0 Å². The van der Waals surface area contributed by atoms with Crippen LogP contribution in [0.3, 0.4) is 0 Å². The van der Waals surface area contributed by atoms with Crippen LogP contribution in [0.15, 0.2) is 24.3 Å². The molecule has 2 heteroatoms. The molecule has 0 aliphatic carbocycles. The topological polar surface area (TPSA) is 3.01 Å². The van der Waals surface area contributed by atoms with E-state index in [0.29, 0.717) is 0 Å². The molecule has 2 rings (SSSR count). The molecule has 0 atom stereocenters. The third-order valence-electron chi connectivity index (χ3n) is 1.86. The molecule has 0 spiro atoms. The first-order chi connectivity index (χ1) is 5.34. The van der Waals surface area contributed by atoms with Gasteiger partial charge in [-0.25, -0.2) is 4.39 Å². The van der Waals surface area contributed by atoms with Gasteiger partial charge in [0.1, 0.15) is 5.82 Å². The van der Waals surface area contributed by atoms with E-state index in [9.17, 15) is 4.39 Å². The Morgan fingerprint density at radius 2 is 1.82 bits per heavy atom. The second kappa shape index (κ2) is 2.62. The number of halogens is 1. The lowest BCUT2D eigenvalue weighted by molar-refractivity contribution is 0.554. The summed E-state index contributed by atoms with van der Waals surface area (Å²) in [6.07, 6.45) is 0. The summed E-state index contributed by atoms with van der Waals surface area (Å²) in [7, 11) is 0. The van der Waals surface area contributed by atoms with Gasteiger partial charge in [-0.15, -0.1) is 0 Å². The predicted molar refractivity (Wildman–Crippen MR) is 41.7 cm³/mol. The molecule has 0 radical (unpaired) electrons. The zero-order valence-electron chi connectivity index (χ0n) is 6.26. The van der Waals surface area contributed by atoms with Crippen LogP contribution in [0.5, 0.6) is 0 Å². The normalized spacial score (nSPS) is 16.8. The summed E-state index contributed by atoms with van der Waals surface area (Å²) in [5.74, 6) is -0.153. The van der Waals surface area contributed by atoms with Crippen LogP contribution in [0.2, 0.25) is 0 Å². The van der Waals surface area contributed by atoms with Gasteiger partial charge in [0.05, 0.1) is 0 Å². The summed E-state index contributed by atoms with van der Waals surface area (Å²) in [5.41, 5.74) is 1.20.